The van der Waals surface area contributed by atoms with E-state index in [1.165, 1.54) is 0 Å². The van der Waals surface area contributed by atoms with Crippen molar-refractivity contribution in [2.75, 3.05) is 6.61 Å². The van der Waals surface area contributed by atoms with Crippen molar-refractivity contribution in [3.8, 4) is 0 Å². The summed E-state index contributed by atoms with van der Waals surface area (Å²) in [5, 5.41) is 13.1. The Kier molecular flexibility index (Phi) is 2.87. The molecule has 1 heterocycles. The van der Waals surface area contributed by atoms with Crippen LogP contribution in [0.4, 0.5) is 0 Å². The Morgan fingerprint density at radius 2 is 2.45 bits per heavy atom. The molecule has 0 aliphatic rings. The molecule has 0 fully saturated rings. The van der Waals surface area contributed by atoms with E-state index in [9.17, 15) is 0 Å². The highest BCUT2D eigenvalue weighted by atomic mass is 35.5. The van der Waals surface area contributed by atoms with Gasteiger partial charge in [-0.1, -0.05) is 11.6 Å². The van der Waals surface area contributed by atoms with Crippen LogP contribution in [0.25, 0.3) is 0 Å². The number of rotatable bonds is 3. The third kappa shape index (κ3) is 1.92. The molecule has 0 aliphatic carbocycles. The topological polar surface area (TPSA) is 64.1 Å². The molecule has 0 bridgehead atoms. The van der Waals surface area contributed by atoms with Gasteiger partial charge in [0.05, 0.1) is 23.9 Å². The average molecular weight is 176 g/mol. The summed E-state index contributed by atoms with van der Waals surface area (Å²) in [5.74, 6) is 0. The highest BCUT2D eigenvalue weighted by Crippen LogP contribution is 2.12. The van der Waals surface area contributed by atoms with Gasteiger partial charge in [0.1, 0.15) is 0 Å². The minimum absolute atomic E-state index is 0.0576. The van der Waals surface area contributed by atoms with Crippen LogP contribution in [0.5, 0.6) is 0 Å². The van der Waals surface area contributed by atoms with Gasteiger partial charge in [-0.15, -0.1) is 0 Å². The van der Waals surface area contributed by atoms with E-state index in [-0.39, 0.29) is 6.61 Å². The number of halogens is 1. The van der Waals surface area contributed by atoms with Crippen LogP contribution in [0, 0.1) is 0 Å². The van der Waals surface area contributed by atoms with Gasteiger partial charge in [0.25, 0.3) is 0 Å². The predicted molar refractivity (Wildman–Crippen MR) is 42.2 cm³/mol. The van der Waals surface area contributed by atoms with Crippen molar-refractivity contribution in [1.82, 2.24) is 9.78 Å². The predicted octanol–water partition coefficient (Wildman–Crippen LogP) is -0.0125. The van der Waals surface area contributed by atoms with Crippen molar-refractivity contribution in [3.63, 3.8) is 0 Å². The Bertz CT molecular complexity index is 236. The van der Waals surface area contributed by atoms with Crippen molar-refractivity contribution in [2.24, 2.45) is 5.73 Å². The summed E-state index contributed by atoms with van der Waals surface area (Å²) in [6.07, 6.45) is 1.65. The maximum absolute atomic E-state index is 8.56. The Morgan fingerprint density at radius 3 is 2.91 bits per heavy atom. The zero-order valence-corrected chi connectivity index (χ0v) is 6.75. The third-order valence-corrected chi connectivity index (χ3v) is 1.63. The van der Waals surface area contributed by atoms with Crippen LogP contribution in [0.3, 0.4) is 0 Å². The quantitative estimate of drug-likeness (QED) is 0.679. The molecule has 0 aliphatic heterocycles. The van der Waals surface area contributed by atoms with E-state index in [4.69, 9.17) is 22.4 Å². The summed E-state index contributed by atoms with van der Waals surface area (Å²) in [7, 11) is 0. The lowest BCUT2D eigenvalue weighted by molar-refractivity contribution is 0.269. The molecule has 0 radical (unpaired) electrons. The van der Waals surface area contributed by atoms with Gasteiger partial charge in [-0.25, -0.2) is 0 Å². The summed E-state index contributed by atoms with van der Waals surface area (Å²) in [6.45, 7) is 0.846. The summed E-state index contributed by atoms with van der Waals surface area (Å²) >= 11 is 5.74. The van der Waals surface area contributed by atoms with Crippen molar-refractivity contribution < 1.29 is 5.11 Å². The summed E-state index contributed by atoms with van der Waals surface area (Å²) in [4.78, 5) is 0. The number of aliphatic hydroxyl groups is 1. The molecule has 4 nitrogen and oxygen atoms in total. The molecule has 1 aromatic rings. The second kappa shape index (κ2) is 3.71. The van der Waals surface area contributed by atoms with E-state index in [2.05, 4.69) is 5.10 Å². The fraction of sp³-hybridized carbons (Fsp3) is 0.500. The van der Waals surface area contributed by atoms with Gasteiger partial charge < -0.3 is 10.8 Å². The van der Waals surface area contributed by atoms with Crippen LogP contribution in [-0.4, -0.2) is 21.5 Å². The molecular weight excluding hydrogens is 166 g/mol. The smallest absolute Gasteiger partial charge is 0.0946 e. The Hall–Kier alpha value is -0.580. The van der Waals surface area contributed by atoms with E-state index in [0.717, 1.165) is 0 Å². The molecule has 0 aromatic carbocycles. The standard InChI is InChI=1S/C6H10ClN3O/c7-5-4-10(1-2-11)9-6(5)3-8/h4,11H,1-3,8H2. The molecule has 0 atom stereocenters. The van der Waals surface area contributed by atoms with Crippen molar-refractivity contribution in [3.05, 3.63) is 16.9 Å². The molecule has 5 heteroatoms. The van der Waals surface area contributed by atoms with E-state index >= 15 is 0 Å². The Morgan fingerprint density at radius 1 is 1.73 bits per heavy atom. The third-order valence-electron chi connectivity index (χ3n) is 1.31. The van der Waals surface area contributed by atoms with Gasteiger partial charge in [0, 0.05) is 12.7 Å². The first-order valence-electron chi connectivity index (χ1n) is 3.30. The lowest BCUT2D eigenvalue weighted by Gasteiger charge is -1.93. The SMILES string of the molecule is NCc1nn(CCO)cc1Cl. The van der Waals surface area contributed by atoms with Crippen molar-refractivity contribution >= 4 is 11.6 Å². The molecular formula is C6H10ClN3O. The number of hydrogen-bond donors (Lipinski definition) is 2. The lowest BCUT2D eigenvalue weighted by Crippen LogP contribution is -2.04. The Balaban J connectivity index is 2.77. The summed E-state index contributed by atoms with van der Waals surface area (Å²) in [5.41, 5.74) is 6.00. The number of nitrogens with zero attached hydrogens (tertiary/aromatic N) is 2. The van der Waals surface area contributed by atoms with Crippen LogP contribution in [0.1, 0.15) is 5.69 Å². The maximum atomic E-state index is 8.56. The molecule has 1 aromatic heterocycles. The normalized spacial score (nSPS) is 10.5. The second-order valence-electron chi connectivity index (χ2n) is 2.11. The highest BCUT2D eigenvalue weighted by molar-refractivity contribution is 6.31. The number of aliphatic hydroxyl groups excluding tert-OH is 1. The van der Waals surface area contributed by atoms with Gasteiger partial charge in [-0.2, -0.15) is 5.10 Å². The molecule has 1 rings (SSSR count). The molecule has 0 saturated carbocycles. The average Bonchev–Trinajstić information content (AvgIpc) is 2.32. The van der Waals surface area contributed by atoms with Gasteiger partial charge in [0.15, 0.2) is 0 Å². The summed E-state index contributed by atoms with van der Waals surface area (Å²) < 4.78 is 1.57. The van der Waals surface area contributed by atoms with E-state index in [1.54, 1.807) is 10.9 Å². The first kappa shape index (κ1) is 8.52. The summed E-state index contributed by atoms with van der Waals surface area (Å²) in [6, 6.07) is 0. The van der Waals surface area contributed by atoms with Crippen LogP contribution in [0.2, 0.25) is 5.02 Å². The van der Waals surface area contributed by atoms with Crippen LogP contribution < -0.4 is 5.73 Å². The number of hydrogen-bond acceptors (Lipinski definition) is 3. The molecule has 62 valence electrons. The fourth-order valence-corrected chi connectivity index (χ4v) is 1.02. The Labute approximate surface area is 69.6 Å². The molecule has 0 saturated heterocycles. The van der Waals surface area contributed by atoms with Crippen molar-refractivity contribution in [1.29, 1.82) is 0 Å². The van der Waals surface area contributed by atoms with Gasteiger partial charge in [-0.05, 0) is 0 Å². The van der Waals surface area contributed by atoms with E-state index < -0.39 is 0 Å². The molecule has 0 amide bonds. The second-order valence-corrected chi connectivity index (χ2v) is 2.52. The highest BCUT2D eigenvalue weighted by Gasteiger charge is 2.03. The molecule has 0 unspecified atom stereocenters. The monoisotopic (exact) mass is 175 g/mol. The lowest BCUT2D eigenvalue weighted by atomic mass is 10.4. The maximum Gasteiger partial charge on any atom is 0.0946 e. The number of aromatic nitrogens is 2. The van der Waals surface area contributed by atoms with Gasteiger partial charge in [0.2, 0.25) is 0 Å². The largest absolute Gasteiger partial charge is 0.394 e. The first-order valence-corrected chi connectivity index (χ1v) is 3.68. The number of nitrogens with two attached hydrogens (primary N) is 1. The molecule has 0 spiro atoms. The fourth-order valence-electron chi connectivity index (χ4n) is 0.792. The van der Waals surface area contributed by atoms with Crippen molar-refractivity contribution in [2.45, 2.75) is 13.1 Å². The van der Waals surface area contributed by atoms with Crippen LogP contribution in [-0.2, 0) is 13.1 Å². The van der Waals surface area contributed by atoms with Gasteiger partial charge in [-0.3, -0.25) is 4.68 Å². The molecule has 11 heavy (non-hydrogen) atoms. The van der Waals surface area contributed by atoms with E-state index in [1.807, 2.05) is 0 Å². The van der Waals surface area contributed by atoms with E-state index in [0.29, 0.717) is 23.8 Å². The van der Waals surface area contributed by atoms with Crippen LogP contribution >= 0.6 is 11.6 Å². The molecule has 3 N–H and O–H groups in total. The minimum atomic E-state index is 0.0576. The minimum Gasteiger partial charge on any atom is -0.394 e. The van der Waals surface area contributed by atoms with Gasteiger partial charge >= 0.3 is 0 Å². The zero-order valence-electron chi connectivity index (χ0n) is 6.00. The zero-order chi connectivity index (χ0) is 8.27. The van der Waals surface area contributed by atoms with Crippen LogP contribution in [0.15, 0.2) is 6.20 Å². The first-order chi connectivity index (χ1) is 5.27.